The minimum absolute atomic E-state index is 0.589. The fourth-order valence-electron chi connectivity index (χ4n) is 3.82. The summed E-state index contributed by atoms with van der Waals surface area (Å²) in [4.78, 5) is 19.2. The van der Waals surface area contributed by atoms with Crippen LogP contribution in [0.15, 0.2) is 48.0 Å². The molecule has 4 rings (SSSR count). The first kappa shape index (κ1) is 20.1. The zero-order valence-electron chi connectivity index (χ0n) is 17.5. The van der Waals surface area contributed by atoms with Crippen LogP contribution < -0.4 is 10.5 Å². The van der Waals surface area contributed by atoms with Gasteiger partial charge in [-0.2, -0.15) is 0 Å². The lowest BCUT2D eigenvalue weighted by atomic mass is 9.97. The summed E-state index contributed by atoms with van der Waals surface area (Å²) in [6.45, 7) is 3.14. The number of hydrogen-bond donors (Lipinski definition) is 2. The number of ether oxygens (including phenoxy) is 1. The molecule has 3 N–H and O–H groups in total. The van der Waals surface area contributed by atoms with Gasteiger partial charge in [0.1, 0.15) is 5.65 Å². The number of aliphatic imine (C=N–C) groups is 1. The summed E-state index contributed by atoms with van der Waals surface area (Å²) in [5.41, 5.74) is 10.6. The Morgan fingerprint density at radius 2 is 2.13 bits per heavy atom. The van der Waals surface area contributed by atoms with Crippen molar-refractivity contribution in [1.29, 1.82) is 0 Å². The molecule has 0 amide bonds. The number of methoxy groups -OCH3 is 1. The number of nitrogens with zero attached hydrogens (tertiary/aromatic N) is 4. The number of aromatic nitrogens is 3. The molecule has 0 bridgehead atoms. The Hall–Kier alpha value is -3.19. The van der Waals surface area contributed by atoms with Crippen molar-refractivity contribution < 1.29 is 4.74 Å². The number of nitrogens with one attached hydrogen (secondary N) is 1. The number of likely N-dealkylation sites (tertiary alicyclic amines) is 1. The topological polar surface area (TPSA) is 92.4 Å². The molecule has 156 valence electrons. The largest absolute Gasteiger partial charge is 0.481 e. The molecule has 3 aromatic heterocycles. The van der Waals surface area contributed by atoms with Crippen LogP contribution in [-0.2, 0) is 0 Å². The number of H-pyrrole nitrogens is 1. The Bertz CT molecular complexity index is 1050. The van der Waals surface area contributed by atoms with Crippen LogP contribution in [-0.4, -0.2) is 59.9 Å². The van der Waals surface area contributed by atoms with Crippen molar-refractivity contribution in [2.75, 3.05) is 33.8 Å². The number of rotatable bonds is 6. The fraction of sp³-hybridized carbons (Fsp3) is 0.348. The van der Waals surface area contributed by atoms with Gasteiger partial charge < -0.3 is 20.4 Å². The van der Waals surface area contributed by atoms with Gasteiger partial charge >= 0.3 is 0 Å². The lowest BCUT2D eigenvalue weighted by molar-refractivity contribution is 0.224. The summed E-state index contributed by atoms with van der Waals surface area (Å²) in [6, 6.07) is 5.94. The van der Waals surface area contributed by atoms with Gasteiger partial charge in [0, 0.05) is 71.3 Å². The number of aromatic amines is 1. The van der Waals surface area contributed by atoms with Crippen LogP contribution in [0.25, 0.3) is 27.7 Å². The summed E-state index contributed by atoms with van der Waals surface area (Å²) in [5.74, 6) is 1.24. The number of hydrogen-bond acceptors (Lipinski definition) is 6. The number of nitrogens with two attached hydrogens (primary N) is 1. The van der Waals surface area contributed by atoms with Crippen LogP contribution in [0.1, 0.15) is 18.4 Å². The van der Waals surface area contributed by atoms with Gasteiger partial charge in [-0.15, -0.1) is 0 Å². The summed E-state index contributed by atoms with van der Waals surface area (Å²) < 4.78 is 5.16. The van der Waals surface area contributed by atoms with Crippen LogP contribution in [0.4, 0.5) is 0 Å². The van der Waals surface area contributed by atoms with Gasteiger partial charge in [-0.3, -0.25) is 4.99 Å². The summed E-state index contributed by atoms with van der Waals surface area (Å²) in [6.07, 6.45) is 11.5. The van der Waals surface area contributed by atoms with Crippen molar-refractivity contribution >= 4 is 22.8 Å². The fourth-order valence-corrected chi connectivity index (χ4v) is 3.82. The third-order valence-electron chi connectivity index (χ3n) is 5.73. The molecular weight excluding hydrogens is 376 g/mol. The molecule has 1 aliphatic heterocycles. The van der Waals surface area contributed by atoms with Gasteiger partial charge in [-0.05, 0) is 51.0 Å². The number of pyridine rings is 2. The van der Waals surface area contributed by atoms with Gasteiger partial charge in [0.2, 0.25) is 5.88 Å². The van der Waals surface area contributed by atoms with Gasteiger partial charge in [0.15, 0.2) is 0 Å². The van der Waals surface area contributed by atoms with Gasteiger partial charge in [-0.25, -0.2) is 9.97 Å². The molecule has 0 aromatic carbocycles. The second kappa shape index (κ2) is 9.09. The molecule has 30 heavy (non-hydrogen) atoms. The van der Waals surface area contributed by atoms with Gasteiger partial charge in [0.25, 0.3) is 0 Å². The molecule has 0 unspecified atom stereocenters. The summed E-state index contributed by atoms with van der Waals surface area (Å²) in [7, 11) is 3.79. The molecule has 7 heteroatoms. The number of piperidine rings is 1. The van der Waals surface area contributed by atoms with Crippen molar-refractivity contribution in [3.05, 3.63) is 48.6 Å². The van der Waals surface area contributed by atoms with Crippen molar-refractivity contribution in [2.45, 2.75) is 12.8 Å². The first-order chi connectivity index (χ1) is 14.7. The van der Waals surface area contributed by atoms with E-state index in [2.05, 4.69) is 38.0 Å². The summed E-state index contributed by atoms with van der Waals surface area (Å²) >= 11 is 0. The second-order valence-corrected chi connectivity index (χ2v) is 7.77. The number of allylic oxidation sites excluding steroid dienone is 1. The molecular formula is C23H28N6O. The first-order valence-electron chi connectivity index (χ1n) is 10.3. The highest BCUT2D eigenvalue weighted by Crippen LogP contribution is 2.29. The average molecular weight is 405 g/mol. The molecule has 3 aromatic rings. The smallest absolute Gasteiger partial charge is 0.212 e. The normalized spacial score (nSPS) is 16.5. The number of fused-ring (bicyclic) bond motifs is 1. The van der Waals surface area contributed by atoms with Crippen molar-refractivity contribution in [2.24, 2.45) is 16.6 Å². The minimum atomic E-state index is 0.589. The SMILES string of the molecule is COc1ccc(-c2c[nH]c3ncc(/C(C=NCC4CCN(C)CC4)=C/N)cc23)cn1. The van der Waals surface area contributed by atoms with Crippen LogP contribution >= 0.6 is 0 Å². The van der Waals surface area contributed by atoms with E-state index in [1.54, 1.807) is 19.5 Å². The quantitative estimate of drug-likeness (QED) is 0.615. The molecule has 0 atom stereocenters. The monoisotopic (exact) mass is 404 g/mol. The third kappa shape index (κ3) is 4.36. The maximum atomic E-state index is 5.92. The Morgan fingerprint density at radius 3 is 2.83 bits per heavy atom. The highest BCUT2D eigenvalue weighted by atomic mass is 16.5. The predicted octanol–water partition coefficient (Wildman–Crippen LogP) is 3.35. The third-order valence-corrected chi connectivity index (χ3v) is 5.73. The maximum Gasteiger partial charge on any atom is 0.212 e. The average Bonchev–Trinajstić information content (AvgIpc) is 3.21. The van der Waals surface area contributed by atoms with E-state index in [0.717, 1.165) is 52.9 Å². The minimum Gasteiger partial charge on any atom is -0.481 e. The molecule has 0 radical (unpaired) electrons. The van der Waals surface area contributed by atoms with E-state index in [9.17, 15) is 0 Å². The highest BCUT2D eigenvalue weighted by molar-refractivity contribution is 6.10. The molecule has 0 spiro atoms. The van der Waals surface area contributed by atoms with Crippen molar-refractivity contribution in [1.82, 2.24) is 19.9 Å². The lowest BCUT2D eigenvalue weighted by Crippen LogP contribution is -2.31. The van der Waals surface area contributed by atoms with E-state index < -0.39 is 0 Å². The van der Waals surface area contributed by atoms with E-state index in [1.807, 2.05) is 30.7 Å². The van der Waals surface area contributed by atoms with Crippen LogP contribution in [0.2, 0.25) is 0 Å². The zero-order chi connectivity index (χ0) is 20.9. The van der Waals surface area contributed by atoms with E-state index in [-0.39, 0.29) is 0 Å². The molecule has 1 fully saturated rings. The molecule has 0 saturated carbocycles. The Labute approximate surface area is 176 Å². The van der Waals surface area contributed by atoms with E-state index in [4.69, 9.17) is 10.5 Å². The van der Waals surface area contributed by atoms with Crippen molar-refractivity contribution in [3.63, 3.8) is 0 Å². The van der Waals surface area contributed by atoms with Crippen LogP contribution in [0.3, 0.4) is 0 Å². The summed E-state index contributed by atoms with van der Waals surface area (Å²) in [5, 5.41) is 1.02. The Kier molecular flexibility index (Phi) is 6.09. The Morgan fingerprint density at radius 1 is 1.30 bits per heavy atom. The first-order valence-corrected chi connectivity index (χ1v) is 10.3. The van der Waals surface area contributed by atoms with E-state index >= 15 is 0 Å². The maximum absolute atomic E-state index is 5.92. The molecule has 1 saturated heterocycles. The van der Waals surface area contributed by atoms with Crippen molar-refractivity contribution in [3.8, 4) is 17.0 Å². The van der Waals surface area contributed by atoms with Crippen LogP contribution in [0, 0.1) is 5.92 Å². The van der Waals surface area contributed by atoms with Gasteiger partial charge in [-0.1, -0.05) is 0 Å². The van der Waals surface area contributed by atoms with Gasteiger partial charge in [0.05, 0.1) is 7.11 Å². The zero-order valence-corrected chi connectivity index (χ0v) is 17.5. The highest BCUT2D eigenvalue weighted by Gasteiger charge is 2.16. The molecule has 1 aliphatic rings. The predicted molar refractivity (Wildman–Crippen MR) is 122 cm³/mol. The Balaban J connectivity index is 1.54. The van der Waals surface area contributed by atoms with E-state index in [0.29, 0.717) is 11.8 Å². The molecule has 7 nitrogen and oxygen atoms in total. The molecule has 4 heterocycles. The second-order valence-electron chi connectivity index (χ2n) is 7.77. The van der Waals surface area contributed by atoms with E-state index in [1.165, 1.54) is 12.8 Å². The molecule has 0 aliphatic carbocycles. The lowest BCUT2D eigenvalue weighted by Gasteiger charge is -2.27. The van der Waals surface area contributed by atoms with Crippen LogP contribution in [0.5, 0.6) is 5.88 Å². The standard InChI is InChI=1S/C23H28N6O/c1-29-7-5-16(6-8-29)11-25-12-19(10-24)18-9-20-21(15-28-23(20)27-14-18)17-3-4-22(30-2)26-13-17/h3-4,9-10,12-16H,5-8,11,24H2,1-2H3,(H,27,28)/b19-10+,25-12?.